The van der Waals surface area contributed by atoms with Gasteiger partial charge in [-0.05, 0) is 36.5 Å². The molecule has 2 nitrogen and oxygen atoms in total. The highest BCUT2D eigenvalue weighted by Gasteiger charge is 2.28. The minimum atomic E-state index is 0.831. The lowest BCUT2D eigenvalue weighted by molar-refractivity contribution is 0.587. The molecule has 0 amide bonds. The van der Waals surface area contributed by atoms with Gasteiger partial charge in [-0.1, -0.05) is 22.0 Å². The summed E-state index contributed by atoms with van der Waals surface area (Å²) >= 11 is 3.59. The maximum absolute atomic E-state index is 3.59. The van der Waals surface area contributed by atoms with E-state index in [1.165, 1.54) is 23.0 Å². The fraction of sp³-hybridized carbons (Fsp3) is 0.538. The zero-order valence-corrected chi connectivity index (χ0v) is 11.0. The molecule has 1 aliphatic heterocycles. The van der Waals surface area contributed by atoms with E-state index in [0.29, 0.717) is 0 Å². The predicted molar refractivity (Wildman–Crippen MR) is 71.2 cm³/mol. The first-order valence-electron chi connectivity index (χ1n) is 6.10. The first-order valence-corrected chi connectivity index (χ1v) is 6.89. The summed E-state index contributed by atoms with van der Waals surface area (Å²) < 4.78 is 1.20. The van der Waals surface area contributed by atoms with E-state index in [1.54, 1.807) is 5.56 Å². The van der Waals surface area contributed by atoms with E-state index in [9.17, 15) is 0 Å². The molecule has 0 atom stereocenters. The van der Waals surface area contributed by atoms with Crippen molar-refractivity contribution in [3.05, 3.63) is 28.2 Å². The van der Waals surface area contributed by atoms with Crippen molar-refractivity contribution in [2.24, 2.45) is 0 Å². The van der Waals surface area contributed by atoms with Crippen LogP contribution in [0.15, 0.2) is 22.7 Å². The summed E-state index contributed by atoms with van der Waals surface area (Å²) in [7, 11) is 0. The van der Waals surface area contributed by atoms with E-state index in [0.717, 1.165) is 32.1 Å². The van der Waals surface area contributed by atoms with Crippen LogP contribution in [0.1, 0.15) is 24.3 Å². The Kier molecular flexibility index (Phi) is 2.90. The quantitative estimate of drug-likeness (QED) is 0.896. The fourth-order valence-corrected chi connectivity index (χ4v) is 2.78. The molecule has 0 radical (unpaired) electrons. The van der Waals surface area contributed by atoms with Crippen LogP contribution in [0.4, 0.5) is 5.69 Å². The topological polar surface area (TPSA) is 15.3 Å². The van der Waals surface area contributed by atoms with Crippen molar-refractivity contribution in [2.45, 2.75) is 18.8 Å². The Morgan fingerprint density at radius 3 is 2.62 bits per heavy atom. The lowest BCUT2D eigenvalue weighted by Crippen LogP contribution is -2.43. The van der Waals surface area contributed by atoms with Crippen LogP contribution >= 0.6 is 15.9 Å². The van der Waals surface area contributed by atoms with Gasteiger partial charge in [0, 0.05) is 36.3 Å². The molecule has 86 valence electrons. The number of rotatable bonds is 2. The van der Waals surface area contributed by atoms with Crippen LogP contribution in [0.3, 0.4) is 0 Å². The molecule has 2 fully saturated rings. The Hall–Kier alpha value is -0.540. The first-order chi connectivity index (χ1) is 7.84. The molecular formula is C13H17BrN2. The molecule has 1 saturated heterocycles. The van der Waals surface area contributed by atoms with Crippen molar-refractivity contribution in [1.82, 2.24) is 5.32 Å². The van der Waals surface area contributed by atoms with E-state index in [2.05, 4.69) is 44.3 Å². The SMILES string of the molecule is Brc1ccc(C2CC2)c(N2CCNCC2)c1. The highest BCUT2D eigenvalue weighted by atomic mass is 79.9. The molecule has 0 spiro atoms. The van der Waals surface area contributed by atoms with Crippen LogP contribution in [-0.2, 0) is 0 Å². The van der Waals surface area contributed by atoms with Gasteiger partial charge in [-0.15, -0.1) is 0 Å². The van der Waals surface area contributed by atoms with Gasteiger partial charge >= 0.3 is 0 Å². The van der Waals surface area contributed by atoms with Crippen LogP contribution in [0.5, 0.6) is 0 Å². The second-order valence-electron chi connectivity index (χ2n) is 4.71. The summed E-state index contributed by atoms with van der Waals surface area (Å²) in [6, 6.07) is 6.78. The summed E-state index contributed by atoms with van der Waals surface area (Å²) in [6.07, 6.45) is 2.75. The minimum Gasteiger partial charge on any atom is -0.369 e. The van der Waals surface area contributed by atoms with Crippen LogP contribution in [0, 0.1) is 0 Å². The van der Waals surface area contributed by atoms with Crippen LogP contribution in [-0.4, -0.2) is 26.2 Å². The summed E-state index contributed by atoms with van der Waals surface area (Å²) in [5.74, 6) is 0.831. The Labute approximate surface area is 105 Å². The molecule has 0 aromatic heterocycles. The van der Waals surface area contributed by atoms with E-state index in [4.69, 9.17) is 0 Å². The lowest BCUT2D eigenvalue weighted by Gasteiger charge is -2.31. The summed E-state index contributed by atoms with van der Waals surface area (Å²) in [4.78, 5) is 2.52. The third kappa shape index (κ3) is 2.11. The van der Waals surface area contributed by atoms with Crippen molar-refractivity contribution < 1.29 is 0 Å². The van der Waals surface area contributed by atoms with Gasteiger partial charge in [-0.25, -0.2) is 0 Å². The third-order valence-corrected chi connectivity index (χ3v) is 3.96. The monoisotopic (exact) mass is 280 g/mol. The van der Waals surface area contributed by atoms with Gasteiger partial charge in [0.15, 0.2) is 0 Å². The van der Waals surface area contributed by atoms with Crippen molar-refractivity contribution in [3.63, 3.8) is 0 Å². The molecular weight excluding hydrogens is 264 g/mol. The van der Waals surface area contributed by atoms with Gasteiger partial charge in [0.05, 0.1) is 0 Å². The molecule has 16 heavy (non-hydrogen) atoms. The van der Waals surface area contributed by atoms with Gasteiger partial charge in [-0.3, -0.25) is 0 Å². The maximum Gasteiger partial charge on any atom is 0.0413 e. The zero-order valence-electron chi connectivity index (χ0n) is 9.38. The Bertz CT molecular complexity index is 382. The Balaban J connectivity index is 1.92. The van der Waals surface area contributed by atoms with Gasteiger partial charge < -0.3 is 10.2 Å². The number of nitrogens with one attached hydrogen (secondary N) is 1. The fourth-order valence-electron chi connectivity index (χ4n) is 2.44. The lowest BCUT2D eigenvalue weighted by atomic mass is 10.1. The average molecular weight is 281 g/mol. The standard InChI is InChI=1S/C13H17BrN2/c14-11-3-4-12(10-1-2-10)13(9-11)16-7-5-15-6-8-16/h3-4,9-10,15H,1-2,5-8H2. The second kappa shape index (κ2) is 4.38. The average Bonchev–Trinajstić information content (AvgIpc) is 3.14. The smallest absolute Gasteiger partial charge is 0.0413 e. The Morgan fingerprint density at radius 1 is 1.19 bits per heavy atom. The molecule has 1 heterocycles. The van der Waals surface area contributed by atoms with Crippen molar-refractivity contribution in [3.8, 4) is 0 Å². The Morgan fingerprint density at radius 2 is 1.94 bits per heavy atom. The number of anilines is 1. The van der Waals surface area contributed by atoms with Gasteiger partial charge in [0.25, 0.3) is 0 Å². The number of hydrogen-bond donors (Lipinski definition) is 1. The second-order valence-corrected chi connectivity index (χ2v) is 5.63. The number of halogens is 1. The number of nitrogens with zero attached hydrogens (tertiary/aromatic N) is 1. The van der Waals surface area contributed by atoms with Crippen molar-refractivity contribution in [1.29, 1.82) is 0 Å². The van der Waals surface area contributed by atoms with E-state index >= 15 is 0 Å². The molecule has 1 aliphatic carbocycles. The summed E-state index contributed by atoms with van der Waals surface area (Å²) in [5, 5.41) is 3.41. The van der Waals surface area contributed by atoms with E-state index in [-0.39, 0.29) is 0 Å². The normalized spacial score (nSPS) is 21.2. The van der Waals surface area contributed by atoms with Crippen molar-refractivity contribution >= 4 is 21.6 Å². The molecule has 1 aromatic rings. The third-order valence-electron chi connectivity index (χ3n) is 3.47. The summed E-state index contributed by atoms with van der Waals surface area (Å²) in [6.45, 7) is 4.49. The molecule has 1 saturated carbocycles. The molecule has 3 heteroatoms. The molecule has 0 bridgehead atoms. The van der Waals surface area contributed by atoms with Gasteiger partial charge in [0.1, 0.15) is 0 Å². The molecule has 1 aromatic carbocycles. The zero-order chi connectivity index (χ0) is 11.0. The number of benzene rings is 1. The molecule has 2 aliphatic rings. The van der Waals surface area contributed by atoms with Gasteiger partial charge in [0.2, 0.25) is 0 Å². The molecule has 1 N–H and O–H groups in total. The first kappa shape index (κ1) is 10.6. The predicted octanol–water partition coefficient (Wildman–Crippen LogP) is 2.74. The highest BCUT2D eigenvalue weighted by Crippen LogP contribution is 2.45. The molecule has 3 rings (SSSR count). The van der Waals surface area contributed by atoms with Gasteiger partial charge in [-0.2, -0.15) is 0 Å². The van der Waals surface area contributed by atoms with Crippen LogP contribution < -0.4 is 10.2 Å². The van der Waals surface area contributed by atoms with E-state index in [1.807, 2.05) is 0 Å². The number of piperazine rings is 1. The van der Waals surface area contributed by atoms with Crippen molar-refractivity contribution in [2.75, 3.05) is 31.1 Å². The minimum absolute atomic E-state index is 0.831. The maximum atomic E-state index is 3.59. The largest absolute Gasteiger partial charge is 0.369 e. The summed E-state index contributed by atoms with van der Waals surface area (Å²) in [5.41, 5.74) is 3.02. The van der Waals surface area contributed by atoms with Crippen LogP contribution in [0.2, 0.25) is 0 Å². The van der Waals surface area contributed by atoms with E-state index < -0.39 is 0 Å². The molecule has 0 unspecified atom stereocenters. The highest BCUT2D eigenvalue weighted by molar-refractivity contribution is 9.10. The number of hydrogen-bond acceptors (Lipinski definition) is 2. The van der Waals surface area contributed by atoms with Crippen LogP contribution in [0.25, 0.3) is 0 Å².